The average molecular weight is 383 g/mol. The van der Waals surface area contributed by atoms with Crippen LogP contribution in [0.4, 0.5) is 0 Å². The summed E-state index contributed by atoms with van der Waals surface area (Å²) in [5, 5.41) is 7.98. The Morgan fingerprint density at radius 1 is 1.31 bits per heavy atom. The zero-order valence-corrected chi connectivity index (χ0v) is 16.4. The predicted octanol–water partition coefficient (Wildman–Crippen LogP) is 0.442. The normalized spacial score (nSPS) is 20.7. The molecule has 146 valence electrons. The largest absolute Gasteiger partial charge is 0.356 e. The predicted molar refractivity (Wildman–Crippen MR) is 102 cm³/mol. The Bertz CT molecular complexity index is 716. The van der Waals surface area contributed by atoms with E-state index in [9.17, 15) is 13.2 Å². The molecule has 26 heavy (non-hydrogen) atoms. The number of carbonyl (C=O) groups excluding carboxylic acids is 1. The summed E-state index contributed by atoms with van der Waals surface area (Å²) >= 11 is 0. The lowest BCUT2D eigenvalue weighted by molar-refractivity contribution is -0.121. The standard InChI is InChI=1S/C18H30N4O3S/c1-18(2)13-22(11-8-16(18)19)12-9-17(23)21-10-7-14-3-5-15(6-4-14)26(20,24)25/h3-6,16H,7-13,19H2,1-2H3,(H,21,23)(H2,20,24,25). The minimum Gasteiger partial charge on any atom is -0.356 e. The molecule has 8 heteroatoms. The fourth-order valence-electron chi connectivity index (χ4n) is 3.22. The van der Waals surface area contributed by atoms with Gasteiger partial charge in [0.05, 0.1) is 4.90 Å². The van der Waals surface area contributed by atoms with Crippen molar-refractivity contribution in [2.24, 2.45) is 16.3 Å². The third kappa shape index (κ3) is 6.05. The van der Waals surface area contributed by atoms with Gasteiger partial charge in [0.1, 0.15) is 0 Å². The molecular formula is C18H30N4O3S. The van der Waals surface area contributed by atoms with E-state index in [4.69, 9.17) is 10.9 Å². The number of nitrogens with two attached hydrogens (primary N) is 2. The minimum atomic E-state index is -3.67. The van der Waals surface area contributed by atoms with Crippen molar-refractivity contribution in [1.82, 2.24) is 10.2 Å². The SMILES string of the molecule is CC1(C)CN(CCC(=O)NCCc2ccc(S(N)(=O)=O)cc2)CCC1N. The first-order valence-electron chi connectivity index (χ1n) is 8.94. The second-order valence-electron chi connectivity index (χ2n) is 7.70. The van der Waals surface area contributed by atoms with Crippen LogP contribution in [0.15, 0.2) is 29.2 Å². The number of primary sulfonamides is 1. The highest BCUT2D eigenvalue weighted by Gasteiger charge is 2.33. The van der Waals surface area contributed by atoms with Gasteiger partial charge in [0.15, 0.2) is 0 Å². The molecule has 0 aromatic heterocycles. The van der Waals surface area contributed by atoms with Crippen molar-refractivity contribution >= 4 is 15.9 Å². The molecule has 0 spiro atoms. The molecule has 1 fully saturated rings. The van der Waals surface area contributed by atoms with Gasteiger partial charge in [0.2, 0.25) is 15.9 Å². The molecule has 1 heterocycles. The van der Waals surface area contributed by atoms with Crippen LogP contribution in [0, 0.1) is 5.41 Å². The van der Waals surface area contributed by atoms with E-state index in [1.54, 1.807) is 12.1 Å². The summed E-state index contributed by atoms with van der Waals surface area (Å²) in [5.41, 5.74) is 7.17. The van der Waals surface area contributed by atoms with Gasteiger partial charge in [-0.05, 0) is 42.5 Å². The number of nitrogens with one attached hydrogen (secondary N) is 1. The second kappa shape index (κ2) is 8.47. The molecule has 1 unspecified atom stereocenters. The van der Waals surface area contributed by atoms with Crippen LogP contribution in [0.1, 0.15) is 32.3 Å². The summed E-state index contributed by atoms with van der Waals surface area (Å²) in [6.45, 7) is 7.46. The number of nitrogens with zero attached hydrogens (tertiary/aromatic N) is 1. The Kier molecular flexibility index (Phi) is 6.79. The van der Waals surface area contributed by atoms with Gasteiger partial charge >= 0.3 is 0 Å². The van der Waals surface area contributed by atoms with Crippen molar-refractivity contribution < 1.29 is 13.2 Å². The molecule has 1 aromatic carbocycles. The molecular weight excluding hydrogens is 352 g/mol. The average Bonchev–Trinajstić information content (AvgIpc) is 2.55. The van der Waals surface area contributed by atoms with Gasteiger partial charge in [0.25, 0.3) is 0 Å². The van der Waals surface area contributed by atoms with E-state index in [1.165, 1.54) is 12.1 Å². The fourth-order valence-corrected chi connectivity index (χ4v) is 3.73. The number of amides is 1. The number of benzene rings is 1. The van der Waals surface area contributed by atoms with E-state index >= 15 is 0 Å². The van der Waals surface area contributed by atoms with Crippen LogP contribution in [0.25, 0.3) is 0 Å². The first kappa shape index (κ1) is 20.8. The lowest BCUT2D eigenvalue weighted by Gasteiger charge is -2.42. The quantitative estimate of drug-likeness (QED) is 0.632. The third-order valence-corrected chi connectivity index (χ3v) is 5.96. The lowest BCUT2D eigenvalue weighted by atomic mass is 9.80. The Morgan fingerprint density at radius 2 is 1.96 bits per heavy atom. The molecule has 2 rings (SSSR count). The number of carbonyl (C=O) groups is 1. The molecule has 0 aliphatic carbocycles. The van der Waals surface area contributed by atoms with Crippen LogP contribution < -0.4 is 16.2 Å². The zero-order valence-electron chi connectivity index (χ0n) is 15.6. The van der Waals surface area contributed by atoms with E-state index in [0.29, 0.717) is 19.4 Å². The highest BCUT2D eigenvalue weighted by Crippen LogP contribution is 2.27. The van der Waals surface area contributed by atoms with Crippen LogP contribution in [-0.4, -0.2) is 51.4 Å². The minimum absolute atomic E-state index is 0.0267. The number of hydrogen-bond donors (Lipinski definition) is 3. The van der Waals surface area contributed by atoms with Crippen molar-refractivity contribution in [3.05, 3.63) is 29.8 Å². The Labute approximate surface area is 156 Å². The number of sulfonamides is 1. The highest BCUT2D eigenvalue weighted by atomic mass is 32.2. The van der Waals surface area contributed by atoms with E-state index in [-0.39, 0.29) is 22.3 Å². The molecule has 1 aromatic rings. The number of rotatable bonds is 7. The van der Waals surface area contributed by atoms with E-state index < -0.39 is 10.0 Å². The number of hydrogen-bond acceptors (Lipinski definition) is 5. The smallest absolute Gasteiger partial charge is 0.238 e. The fraction of sp³-hybridized carbons (Fsp3) is 0.611. The number of likely N-dealkylation sites (tertiary alicyclic amines) is 1. The Balaban J connectivity index is 1.69. The Morgan fingerprint density at radius 3 is 2.54 bits per heavy atom. The van der Waals surface area contributed by atoms with Crippen LogP contribution in [-0.2, 0) is 21.2 Å². The molecule has 1 saturated heterocycles. The van der Waals surface area contributed by atoms with Crippen LogP contribution in [0.2, 0.25) is 0 Å². The molecule has 0 saturated carbocycles. The van der Waals surface area contributed by atoms with E-state index in [0.717, 1.165) is 31.6 Å². The summed E-state index contributed by atoms with van der Waals surface area (Å²) in [4.78, 5) is 14.4. The molecule has 7 nitrogen and oxygen atoms in total. The first-order chi connectivity index (χ1) is 12.1. The maximum absolute atomic E-state index is 12.0. The highest BCUT2D eigenvalue weighted by molar-refractivity contribution is 7.89. The Hall–Kier alpha value is -1.48. The second-order valence-corrected chi connectivity index (χ2v) is 9.26. The third-order valence-electron chi connectivity index (χ3n) is 5.03. The molecule has 0 radical (unpaired) electrons. The van der Waals surface area contributed by atoms with Gasteiger partial charge in [0, 0.05) is 32.1 Å². The summed E-state index contributed by atoms with van der Waals surface area (Å²) in [5.74, 6) is 0.0267. The molecule has 0 bridgehead atoms. The summed E-state index contributed by atoms with van der Waals surface area (Å²) in [6, 6.07) is 6.61. The zero-order chi connectivity index (χ0) is 19.4. The topological polar surface area (TPSA) is 119 Å². The van der Waals surface area contributed by atoms with Gasteiger partial charge in [-0.2, -0.15) is 0 Å². The van der Waals surface area contributed by atoms with Crippen LogP contribution in [0.5, 0.6) is 0 Å². The maximum Gasteiger partial charge on any atom is 0.238 e. The summed E-state index contributed by atoms with van der Waals surface area (Å²) < 4.78 is 22.4. The summed E-state index contributed by atoms with van der Waals surface area (Å²) in [6.07, 6.45) is 2.07. The van der Waals surface area contributed by atoms with Crippen molar-refractivity contribution in [2.75, 3.05) is 26.2 Å². The van der Waals surface area contributed by atoms with Crippen LogP contribution in [0.3, 0.4) is 0 Å². The van der Waals surface area contributed by atoms with Gasteiger partial charge < -0.3 is 16.0 Å². The van der Waals surface area contributed by atoms with Crippen molar-refractivity contribution in [3.8, 4) is 0 Å². The van der Waals surface area contributed by atoms with Gasteiger partial charge in [-0.1, -0.05) is 26.0 Å². The molecule has 5 N–H and O–H groups in total. The molecule has 1 atom stereocenters. The maximum atomic E-state index is 12.0. The van der Waals surface area contributed by atoms with Gasteiger partial charge in [-0.25, -0.2) is 13.6 Å². The molecule has 1 aliphatic rings. The van der Waals surface area contributed by atoms with Crippen molar-refractivity contribution in [2.45, 2.75) is 44.0 Å². The van der Waals surface area contributed by atoms with Crippen LogP contribution >= 0.6 is 0 Å². The first-order valence-corrected chi connectivity index (χ1v) is 10.5. The van der Waals surface area contributed by atoms with Crippen molar-refractivity contribution in [1.29, 1.82) is 0 Å². The van der Waals surface area contributed by atoms with E-state index in [1.807, 2.05) is 0 Å². The van der Waals surface area contributed by atoms with Gasteiger partial charge in [-0.15, -0.1) is 0 Å². The molecule has 1 aliphatic heterocycles. The van der Waals surface area contributed by atoms with Crippen molar-refractivity contribution in [3.63, 3.8) is 0 Å². The molecule has 1 amide bonds. The number of piperidine rings is 1. The summed E-state index contributed by atoms with van der Waals surface area (Å²) in [7, 11) is -3.67. The van der Waals surface area contributed by atoms with Gasteiger partial charge in [-0.3, -0.25) is 4.79 Å². The monoisotopic (exact) mass is 382 g/mol. The van der Waals surface area contributed by atoms with E-state index in [2.05, 4.69) is 24.1 Å². The lowest BCUT2D eigenvalue weighted by Crippen LogP contribution is -2.52.